The van der Waals surface area contributed by atoms with Crippen LogP contribution in [0.15, 0.2) is 30.3 Å². The van der Waals surface area contributed by atoms with Crippen LogP contribution in [0, 0.1) is 0 Å². The van der Waals surface area contributed by atoms with Gasteiger partial charge in [-0.1, -0.05) is 30.3 Å². The third-order valence-corrected chi connectivity index (χ3v) is 3.16. The highest BCUT2D eigenvalue weighted by atomic mass is 19.1. The minimum absolute atomic E-state index is 0.244. The number of halogens is 1. The Balaban J connectivity index is 2.09. The molecule has 1 aromatic rings. The molecule has 0 bridgehead atoms. The SMILES string of the molecule is FCC[C@@H](c1ccccc1)N1CCNCC1. The Bertz CT molecular complexity index is 296. The molecule has 0 aromatic heterocycles. The van der Waals surface area contributed by atoms with E-state index in [1.807, 2.05) is 18.2 Å². The number of piperazine rings is 1. The topological polar surface area (TPSA) is 15.3 Å². The molecule has 0 amide bonds. The number of hydrogen-bond donors (Lipinski definition) is 1. The van der Waals surface area contributed by atoms with Crippen molar-refractivity contribution in [3.63, 3.8) is 0 Å². The Morgan fingerprint density at radius 1 is 1.19 bits per heavy atom. The van der Waals surface area contributed by atoms with Gasteiger partial charge in [0.05, 0.1) is 6.67 Å². The molecule has 2 nitrogen and oxygen atoms in total. The summed E-state index contributed by atoms with van der Waals surface area (Å²) in [6.45, 7) is 3.80. The van der Waals surface area contributed by atoms with Gasteiger partial charge in [-0.25, -0.2) is 0 Å². The van der Waals surface area contributed by atoms with Crippen molar-refractivity contribution in [2.24, 2.45) is 0 Å². The zero-order valence-electron chi connectivity index (χ0n) is 9.53. The normalized spacial score (nSPS) is 19.6. The van der Waals surface area contributed by atoms with Crippen molar-refractivity contribution in [3.8, 4) is 0 Å². The molecule has 0 unspecified atom stereocenters. The van der Waals surface area contributed by atoms with Crippen LogP contribution in [-0.2, 0) is 0 Å². The van der Waals surface area contributed by atoms with Crippen molar-refractivity contribution >= 4 is 0 Å². The van der Waals surface area contributed by atoms with Crippen LogP contribution < -0.4 is 5.32 Å². The molecule has 88 valence electrons. The van der Waals surface area contributed by atoms with Crippen LogP contribution in [0.5, 0.6) is 0 Å². The van der Waals surface area contributed by atoms with E-state index in [0.29, 0.717) is 6.42 Å². The highest BCUT2D eigenvalue weighted by Gasteiger charge is 2.21. The van der Waals surface area contributed by atoms with E-state index in [1.54, 1.807) is 0 Å². The molecule has 0 saturated carbocycles. The summed E-state index contributed by atoms with van der Waals surface area (Å²) >= 11 is 0. The summed E-state index contributed by atoms with van der Waals surface area (Å²) in [6.07, 6.45) is 0.601. The average molecular weight is 222 g/mol. The van der Waals surface area contributed by atoms with Crippen LogP contribution in [0.2, 0.25) is 0 Å². The van der Waals surface area contributed by atoms with Crippen molar-refractivity contribution < 1.29 is 4.39 Å². The van der Waals surface area contributed by atoms with Crippen molar-refractivity contribution in [2.45, 2.75) is 12.5 Å². The standard InChI is InChI=1S/C13H19FN2/c14-7-6-13(12-4-2-1-3-5-12)16-10-8-15-9-11-16/h1-5,13,15H,6-11H2/t13-/m0/s1. The zero-order chi connectivity index (χ0) is 11.2. The van der Waals surface area contributed by atoms with Gasteiger partial charge in [-0.3, -0.25) is 9.29 Å². The molecule has 1 N–H and O–H groups in total. The van der Waals surface area contributed by atoms with Gasteiger partial charge >= 0.3 is 0 Å². The minimum Gasteiger partial charge on any atom is -0.314 e. The van der Waals surface area contributed by atoms with Crippen molar-refractivity contribution in [1.82, 2.24) is 10.2 Å². The van der Waals surface area contributed by atoms with Crippen molar-refractivity contribution in [3.05, 3.63) is 35.9 Å². The largest absolute Gasteiger partial charge is 0.314 e. The van der Waals surface area contributed by atoms with E-state index in [4.69, 9.17) is 0 Å². The molecule has 16 heavy (non-hydrogen) atoms. The van der Waals surface area contributed by atoms with Crippen LogP contribution in [0.25, 0.3) is 0 Å². The molecule has 1 atom stereocenters. The first kappa shape index (κ1) is 11.6. The van der Waals surface area contributed by atoms with Crippen molar-refractivity contribution in [1.29, 1.82) is 0 Å². The summed E-state index contributed by atoms with van der Waals surface area (Å²) in [7, 11) is 0. The number of hydrogen-bond acceptors (Lipinski definition) is 2. The first-order valence-electron chi connectivity index (χ1n) is 5.97. The molecule has 1 aliphatic rings. The lowest BCUT2D eigenvalue weighted by Crippen LogP contribution is -2.45. The lowest BCUT2D eigenvalue weighted by molar-refractivity contribution is 0.157. The predicted molar refractivity (Wildman–Crippen MR) is 64.2 cm³/mol. The molecule has 1 heterocycles. The van der Waals surface area contributed by atoms with Crippen LogP contribution in [0.4, 0.5) is 4.39 Å². The van der Waals surface area contributed by atoms with E-state index < -0.39 is 0 Å². The fourth-order valence-corrected chi connectivity index (χ4v) is 2.33. The maximum Gasteiger partial charge on any atom is 0.0912 e. The summed E-state index contributed by atoms with van der Waals surface area (Å²) in [5, 5.41) is 3.33. The molecule has 1 aliphatic heterocycles. The second-order valence-electron chi connectivity index (χ2n) is 4.19. The molecule has 0 aliphatic carbocycles. The minimum atomic E-state index is -0.247. The van der Waals surface area contributed by atoms with Crippen molar-refractivity contribution in [2.75, 3.05) is 32.9 Å². The summed E-state index contributed by atoms with van der Waals surface area (Å²) in [5.74, 6) is 0. The van der Waals surface area contributed by atoms with Gasteiger partial charge < -0.3 is 5.32 Å². The fourth-order valence-electron chi connectivity index (χ4n) is 2.33. The van der Waals surface area contributed by atoms with Gasteiger partial charge in [0.15, 0.2) is 0 Å². The second kappa shape index (κ2) is 5.97. The highest BCUT2D eigenvalue weighted by Crippen LogP contribution is 2.24. The Morgan fingerprint density at radius 3 is 2.50 bits per heavy atom. The van der Waals surface area contributed by atoms with Gasteiger partial charge in [0.1, 0.15) is 0 Å². The van der Waals surface area contributed by atoms with Gasteiger partial charge in [0.25, 0.3) is 0 Å². The molecule has 1 saturated heterocycles. The van der Waals surface area contributed by atoms with Crippen LogP contribution >= 0.6 is 0 Å². The smallest absolute Gasteiger partial charge is 0.0912 e. The lowest BCUT2D eigenvalue weighted by atomic mass is 10.0. The highest BCUT2D eigenvalue weighted by molar-refractivity contribution is 5.19. The fraction of sp³-hybridized carbons (Fsp3) is 0.538. The van der Waals surface area contributed by atoms with Gasteiger partial charge in [-0.05, 0) is 12.0 Å². The molecule has 1 fully saturated rings. The van der Waals surface area contributed by atoms with Gasteiger partial charge in [0, 0.05) is 32.2 Å². The molecule has 2 rings (SSSR count). The van der Waals surface area contributed by atoms with E-state index in [9.17, 15) is 4.39 Å². The number of alkyl halides is 1. The van der Waals surface area contributed by atoms with E-state index in [0.717, 1.165) is 26.2 Å². The van der Waals surface area contributed by atoms with Gasteiger partial charge in [0.2, 0.25) is 0 Å². The number of nitrogens with zero attached hydrogens (tertiary/aromatic N) is 1. The van der Waals surface area contributed by atoms with Crippen LogP contribution in [0.3, 0.4) is 0 Å². The number of benzene rings is 1. The third-order valence-electron chi connectivity index (χ3n) is 3.16. The Kier molecular flexibility index (Phi) is 4.31. The quantitative estimate of drug-likeness (QED) is 0.838. The first-order valence-corrected chi connectivity index (χ1v) is 5.97. The summed E-state index contributed by atoms with van der Waals surface area (Å²) in [6, 6.07) is 10.5. The Labute approximate surface area is 96.5 Å². The van der Waals surface area contributed by atoms with E-state index in [-0.39, 0.29) is 12.7 Å². The summed E-state index contributed by atoms with van der Waals surface area (Å²) in [5.41, 5.74) is 1.24. The summed E-state index contributed by atoms with van der Waals surface area (Å²) in [4.78, 5) is 2.38. The first-order chi connectivity index (χ1) is 7.92. The van der Waals surface area contributed by atoms with E-state index in [2.05, 4.69) is 22.3 Å². The monoisotopic (exact) mass is 222 g/mol. The predicted octanol–water partition coefficient (Wildman–Crippen LogP) is 1.99. The molecule has 1 aromatic carbocycles. The average Bonchev–Trinajstić information content (AvgIpc) is 2.38. The van der Waals surface area contributed by atoms with Crippen LogP contribution in [-0.4, -0.2) is 37.8 Å². The molecule has 0 radical (unpaired) electrons. The molecular formula is C13H19FN2. The Morgan fingerprint density at radius 2 is 1.88 bits per heavy atom. The van der Waals surface area contributed by atoms with Gasteiger partial charge in [-0.15, -0.1) is 0 Å². The maximum atomic E-state index is 12.6. The molecular weight excluding hydrogens is 203 g/mol. The molecule has 3 heteroatoms. The third kappa shape index (κ3) is 2.80. The second-order valence-corrected chi connectivity index (χ2v) is 4.19. The zero-order valence-corrected chi connectivity index (χ0v) is 9.53. The summed E-state index contributed by atoms with van der Waals surface area (Å²) < 4.78 is 12.6. The molecule has 0 spiro atoms. The van der Waals surface area contributed by atoms with Crippen LogP contribution in [0.1, 0.15) is 18.0 Å². The maximum absolute atomic E-state index is 12.6. The van der Waals surface area contributed by atoms with E-state index >= 15 is 0 Å². The van der Waals surface area contributed by atoms with Gasteiger partial charge in [-0.2, -0.15) is 0 Å². The Hall–Kier alpha value is -0.930. The number of nitrogens with one attached hydrogen (secondary N) is 1. The van der Waals surface area contributed by atoms with E-state index in [1.165, 1.54) is 5.56 Å². The number of rotatable bonds is 4. The lowest BCUT2D eigenvalue weighted by Gasteiger charge is -2.34.